The molecule has 0 amide bonds. The molecule has 0 bridgehead atoms. The summed E-state index contributed by atoms with van der Waals surface area (Å²) in [6.07, 6.45) is 5.22. The zero-order valence-electron chi connectivity index (χ0n) is 10.2. The van der Waals surface area contributed by atoms with Gasteiger partial charge in [0, 0.05) is 18.8 Å². The molecule has 2 aromatic rings. The number of aryl methyl sites for hydroxylation is 2. The van der Waals surface area contributed by atoms with Crippen LogP contribution in [0.15, 0.2) is 24.7 Å². The lowest BCUT2D eigenvalue weighted by Gasteiger charge is -2.06. The molecule has 0 saturated heterocycles. The van der Waals surface area contributed by atoms with E-state index in [1.807, 2.05) is 44.8 Å². The zero-order valence-corrected chi connectivity index (χ0v) is 10.2. The summed E-state index contributed by atoms with van der Waals surface area (Å²) >= 11 is 0. The number of hydrogen-bond acceptors (Lipinski definition) is 3. The van der Waals surface area contributed by atoms with Gasteiger partial charge in [-0.15, -0.1) is 0 Å². The molecule has 0 aliphatic rings. The van der Waals surface area contributed by atoms with Gasteiger partial charge in [0.05, 0.1) is 23.8 Å². The Morgan fingerprint density at radius 3 is 2.44 bits per heavy atom. The van der Waals surface area contributed by atoms with Crippen LogP contribution in [0.2, 0.25) is 0 Å². The van der Waals surface area contributed by atoms with Crippen LogP contribution in [0.1, 0.15) is 19.4 Å². The first-order valence-electron chi connectivity index (χ1n) is 5.38. The molecule has 0 atom stereocenters. The van der Waals surface area contributed by atoms with Crippen LogP contribution in [0.3, 0.4) is 0 Å². The molecule has 0 aromatic carbocycles. The van der Waals surface area contributed by atoms with E-state index >= 15 is 0 Å². The number of rotatable bonds is 1. The SMILES string of the molecule is CC.Cc1cnn(C)c1-c1ccncc1N. The molecule has 86 valence electrons. The lowest BCUT2D eigenvalue weighted by molar-refractivity contribution is 0.775. The van der Waals surface area contributed by atoms with E-state index < -0.39 is 0 Å². The van der Waals surface area contributed by atoms with Crippen molar-refractivity contribution in [2.75, 3.05) is 5.73 Å². The smallest absolute Gasteiger partial charge is 0.0729 e. The van der Waals surface area contributed by atoms with E-state index in [1.54, 1.807) is 12.4 Å². The largest absolute Gasteiger partial charge is 0.397 e. The Balaban J connectivity index is 0.000000606. The van der Waals surface area contributed by atoms with Gasteiger partial charge in [0.2, 0.25) is 0 Å². The molecule has 0 aliphatic carbocycles. The lowest BCUT2D eigenvalue weighted by Crippen LogP contribution is -1.98. The van der Waals surface area contributed by atoms with Crippen molar-refractivity contribution in [3.8, 4) is 11.3 Å². The summed E-state index contributed by atoms with van der Waals surface area (Å²) < 4.78 is 1.82. The maximum absolute atomic E-state index is 5.85. The molecular formula is C12H18N4. The second-order valence-electron chi connectivity index (χ2n) is 3.26. The average molecular weight is 218 g/mol. The predicted molar refractivity (Wildman–Crippen MR) is 66.9 cm³/mol. The van der Waals surface area contributed by atoms with Crippen molar-refractivity contribution < 1.29 is 0 Å². The molecule has 16 heavy (non-hydrogen) atoms. The molecule has 2 aromatic heterocycles. The van der Waals surface area contributed by atoms with Crippen LogP contribution in [0.4, 0.5) is 5.69 Å². The number of nitrogen functional groups attached to an aromatic ring is 1. The van der Waals surface area contributed by atoms with Crippen molar-refractivity contribution >= 4 is 5.69 Å². The third-order valence-corrected chi connectivity index (χ3v) is 2.23. The average Bonchev–Trinajstić information content (AvgIpc) is 2.63. The Bertz CT molecular complexity index is 440. The Morgan fingerprint density at radius 2 is 1.94 bits per heavy atom. The van der Waals surface area contributed by atoms with Gasteiger partial charge < -0.3 is 5.73 Å². The highest BCUT2D eigenvalue weighted by atomic mass is 15.3. The summed E-state index contributed by atoms with van der Waals surface area (Å²) in [5.74, 6) is 0. The van der Waals surface area contributed by atoms with E-state index in [9.17, 15) is 0 Å². The van der Waals surface area contributed by atoms with Gasteiger partial charge in [-0.1, -0.05) is 13.8 Å². The van der Waals surface area contributed by atoms with Gasteiger partial charge in [0.25, 0.3) is 0 Å². The van der Waals surface area contributed by atoms with E-state index in [2.05, 4.69) is 10.1 Å². The van der Waals surface area contributed by atoms with Crippen LogP contribution >= 0.6 is 0 Å². The van der Waals surface area contributed by atoms with Crippen LogP contribution in [0, 0.1) is 6.92 Å². The highest BCUT2D eigenvalue weighted by molar-refractivity contribution is 5.74. The fourth-order valence-corrected chi connectivity index (χ4v) is 1.56. The molecule has 2 N–H and O–H groups in total. The van der Waals surface area contributed by atoms with Crippen molar-refractivity contribution in [3.63, 3.8) is 0 Å². The van der Waals surface area contributed by atoms with Gasteiger partial charge in [0.1, 0.15) is 0 Å². The number of anilines is 1. The van der Waals surface area contributed by atoms with Crippen molar-refractivity contribution in [2.24, 2.45) is 7.05 Å². The minimum absolute atomic E-state index is 0.680. The van der Waals surface area contributed by atoms with Crippen molar-refractivity contribution in [1.82, 2.24) is 14.8 Å². The van der Waals surface area contributed by atoms with Crippen molar-refractivity contribution in [2.45, 2.75) is 20.8 Å². The van der Waals surface area contributed by atoms with E-state index in [4.69, 9.17) is 5.73 Å². The predicted octanol–water partition coefficient (Wildman–Crippen LogP) is 2.40. The Kier molecular flexibility index (Phi) is 4.05. The van der Waals surface area contributed by atoms with Crippen LogP contribution in [-0.2, 0) is 7.05 Å². The molecule has 0 unspecified atom stereocenters. The van der Waals surface area contributed by atoms with Gasteiger partial charge in [0.15, 0.2) is 0 Å². The first-order chi connectivity index (χ1) is 7.70. The fourth-order valence-electron chi connectivity index (χ4n) is 1.56. The van der Waals surface area contributed by atoms with Crippen LogP contribution in [0.5, 0.6) is 0 Å². The fraction of sp³-hybridized carbons (Fsp3) is 0.333. The minimum atomic E-state index is 0.680. The maximum Gasteiger partial charge on any atom is 0.0729 e. The Hall–Kier alpha value is -1.84. The monoisotopic (exact) mass is 218 g/mol. The summed E-state index contributed by atoms with van der Waals surface area (Å²) in [5, 5.41) is 4.17. The summed E-state index contributed by atoms with van der Waals surface area (Å²) in [6.45, 7) is 6.02. The van der Waals surface area contributed by atoms with Crippen molar-refractivity contribution in [1.29, 1.82) is 0 Å². The van der Waals surface area contributed by atoms with E-state index in [0.717, 1.165) is 16.8 Å². The second-order valence-corrected chi connectivity index (χ2v) is 3.26. The maximum atomic E-state index is 5.85. The topological polar surface area (TPSA) is 56.7 Å². The third-order valence-electron chi connectivity index (χ3n) is 2.23. The van der Waals surface area contributed by atoms with Crippen molar-refractivity contribution in [3.05, 3.63) is 30.2 Å². The highest BCUT2D eigenvalue weighted by Gasteiger charge is 2.09. The van der Waals surface area contributed by atoms with Gasteiger partial charge in [-0.25, -0.2) is 0 Å². The normalized spacial score (nSPS) is 9.50. The molecule has 2 rings (SSSR count). The number of nitrogens with two attached hydrogens (primary N) is 1. The number of pyridine rings is 1. The number of aromatic nitrogens is 3. The zero-order chi connectivity index (χ0) is 12.1. The summed E-state index contributed by atoms with van der Waals surface area (Å²) in [5.41, 5.74) is 9.67. The molecule has 0 aliphatic heterocycles. The Labute approximate surface area is 96.1 Å². The molecule has 0 saturated carbocycles. The number of nitrogens with zero attached hydrogens (tertiary/aromatic N) is 3. The molecule has 2 heterocycles. The standard InChI is InChI=1S/C10H12N4.C2H6/c1-7-5-13-14(2)10(7)8-3-4-12-6-9(8)11;1-2/h3-6H,11H2,1-2H3;1-2H3. The first-order valence-corrected chi connectivity index (χ1v) is 5.38. The molecule has 0 spiro atoms. The molecule has 0 radical (unpaired) electrons. The van der Waals surface area contributed by atoms with Crippen LogP contribution in [0.25, 0.3) is 11.3 Å². The number of hydrogen-bond donors (Lipinski definition) is 1. The van der Waals surface area contributed by atoms with Gasteiger partial charge in [-0.2, -0.15) is 5.10 Å². The van der Waals surface area contributed by atoms with Gasteiger partial charge in [-0.05, 0) is 18.6 Å². The molecule has 4 heteroatoms. The van der Waals surface area contributed by atoms with E-state index in [0.29, 0.717) is 5.69 Å². The summed E-state index contributed by atoms with van der Waals surface area (Å²) in [7, 11) is 1.90. The van der Waals surface area contributed by atoms with Crippen LogP contribution in [-0.4, -0.2) is 14.8 Å². The minimum Gasteiger partial charge on any atom is -0.397 e. The van der Waals surface area contributed by atoms with Crippen LogP contribution < -0.4 is 5.73 Å². The molecule has 4 nitrogen and oxygen atoms in total. The van der Waals surface area contributed by atoms with Gasteiger partial charge in [-0.3, -0.25) is 9.67 Å². The lowest BCUT2D eigenvalue weighted by atomic mass is 10.1. The Morgan fingerprint density at radius 1 is 1.25 bits per heavy atom. The van der Waals surface area contributed by atoms with E-state index in [1.165, 1.54) is 0 Å². The first kappa shape index (κ1) is 12.2. The van der Waals surface area contributed by atoms with Gasteiger partial charge >= 0.3 is 0 Å². The van der Waals surface area contributed by atoms with E-state index in [-0.39, 0.29) is 0 Å². The summed E-state index contributed by atoms with van der Waals surface area (Å²) in [6, 6.07) is 1.90. The second kappa shape index (κ2) is 5.30. The highest BCUT2D eigenvalue weighted by Crippen LogP contribution is 2.26. The molecular weight excluding hydrogens is 200 g/mol. The molecule has 0 fully saturated rings. The third kappa shape index (κ3) is 2.21. The summed E-state index contributed by atoms with van der Waals surface area (Å²) in [4.78, 5) is 3.96. The quantitative estimate of drug-likeness (QED) is 0.799.